The number of benzene rings is 1. The van der Waals surface area contributed by atoms with E-state index in [0.29, 0.717) is 12.5 Å². The van der Waals surface area contributed by atoms with Crippen LogP contribution in [0.3, 0.4) is 0 Å². The van der Waals surface area contributed by atoms with Gasteiger partial charge in [-0.3, -0.25) is 14.9 Å². The van der Waals surface area contributed by atoms with Gasteiger partial charge in [0, 0.05) is 30.5 Å². The quantitative estimate of drug-likeness (QED) is 0.587. The van der Waals surface area contributed by atoms with Gasteiger partial charge in [0.05, 0.1) is 9.82 Å². The van der Waals surface area contributed by atoms with Crippen molar-refractivity contribution in [3.8, 4) is 0 Å². The summed E-state index contributed by atoms with van der Waals surface area (Å²) in [5.41, 5.74) is -0.444. The van der Waals surface area contributed by atoms with Crippen molar-refractivity contribution in [1.29, 1.82) is 0 Å². The Labute approximate surface area is 146 Å². The van der Waals surface area contributed by atoms with Crippen molar-refractivity contribution in [2.24, 2.45) is 5.92 Å². The van der Waals surface area contributed by atoms with E-state index in [9.17, 15) is 23.3 Å². The summed E-state index contributed by atoms with van der Waals surface area (Å²) in [6.07, 6.45) is 2.98. The standard InChI is InChI=1S/C14H19N3O5S.ClH/c1-23(21,22)13-6-11(5-12(7-13)17(19)20)14(18)16-9-10-3-2-4-15-8-10;/h5-7,10,15H,2-4,8-9H2,1H3,(H,16,18);1H. The molecular formula is C14H20ClN3O5S. The zero-order valence-corrected chi connectivity index (χ0v) is 14.8. The lowest BCUT2D eigenvalue weighted by atomic mass is 9.99. The lowest BCUT2D eigenvalue weighted by Crippen LogP contribution is -2.38. The molecule has 1 saturated heterocycles. The summed E-state index contributed by atoms with van der Waals surface area (Å²) in [7, 11) is -3.64. The molecule has 1 atom stereocenters. The summed E-state index contributed by atoms with van der Waals surface area (Å²) in [6.45, 7) is 2.22. The predicted octanol–water partition coefficient (Wildman–Crippen LogP) is 1.15. The Morgan fingerprint density at radius 2 is 2.12 bits per heavy atom. The molecular weight excluding hydrogens is 358 g/mol. The monoisotopic (exact) mass is 377 g/mol. The van der Waals surface area contributed by atoms with E-state index < -0.39 is 26.4 Å². The summed E-state index contributed by atoms with van der Waals surface area (Å²) in [4.78, 5) is 22.2. The highest BCUT2D eigenvalue weighted by atomic mass is 35.5. The number of amides is 1. The van der Waals surface area contributed by atoms with Crippen molar-refractivity contribution >= 4 is 33.8 Å². The number of hydrogen-bond donors (Lipinski definition) is 2. The van der Waals surface area contributed by atoms with Crippen LogP contribution in [0.1, 0.15) is 23.2 Å². The van der Waals surface area contributed by atoms with E-state index >= 15 is 0 Å². The zero-order chi connectivity index (χ0) is 17.0. The minimum atomic E-state index is -3.64. The maximum absolute atomic E-state index is 12.2. The van der Waals surface area contributed by atoms with E-state index in [-0.39, 0.29) is 22.9 Å². The Kier molecular flexibility index (Phi) is 7.12. The highest BCUT2D eigenvalue weighted by Gasteiger charge is 2.20. The van der Waals surface area contributed by atoms with Crippen LogP contribution in [0.4, 0.5) is 5.69 Å². The SMILES string of the molecule is CS(=O)(=O)c1cc(C(=O)NCC2CCCNC2)cc([N+](=O)[O-])c1.Cl. The van der Waals surface area contributed by atoms with Gasteiger partial charge in [0.25, 0.3) is 11.6 Å². The molecule has 0 aromatic heterocycles. The molecule has 8 nitrogen and oxygen atoms in total. The Morgan fingerprint density at radius 3 is 2.67 bits per heavy atom. The van der Waals surface area contributed by atoms with E-state index in [2.05, 4.69) is 10.6 Å². The molecule has 24 heavy (non-hydrogen) atoms. The summed E-state index contributed by atoms with van der Waals surface area (Å²) >= 11 is 0. The first kappa shape index (κ1) is 20.3. The smallest absolute Gasteiger partial charge is 0.271 e. The van der Waals surface area contributed by atoms with Crippen LogP contribution in [0.25, 0.3) is 0 Å². The van der Waals surface area contributed by atoms with Crippen LogP contribution < -0.4 is 10.6 Å². The number of nitro groups is 1. The normalized spacial score (nSPS) is 17.6. The topological polar surface area (TPSA) is 118 Å². The van der Waals surface area contributed by atoms with E-state index in [1.165, 1.54) is 0 Å². The number of carbonyl (C=O) groups excluding carboxylic acids is 1. The van der Waals surface area contributed by atoms with Crippen molar-refractivity contribution in [2.45, 2.75) is 17.7 Å². The third-order valence-electron chi connectivity index (χ3n) is 3.74. The van der Waals surface area contributed by atoms with Crippen molar-refractivity contribution in [3.05, 3.63) is 33.9 Å². The first-order chi connectivity index (χ1) is 10.8. The van der Waals surface area contributed by atoms with Gasteiger partial charge in [-0.25, -0.2) is 8.42 Å². The molecule has 0 spiro atoms. The molecule has 2 N–H and O–H groups in total. The van der Waals surface area contributed by atoms with Crippen molar-refractivity contribution in [2.75, 3.05) is 25.9 Å². The van der Waals surface area contributed by atoms with Gasteiger partial charge in [-0.15, -0.1) is 12.4 Å². The van der Waals surface area contributed by atoms with Gasteiger partial charge >= 0.3 is 0 Å². The van der Waals surface area contributed by atoms with Crippen molar-refractivity contribution in [3.63, 3.8) is 0 Å². The minimum Gasteiger partial charge on any atom is -0.352 e. The highest BCUT2D eigenvalue weighted by molar-refractivity contribution is 7.90. The lowest BCUT2D eigenvalue weighted by Gasteiger charge is -2.22. The number of non-ortho nitro benzene ring substituents is 1. The minimum absolute atomic E-state index is 0. The molecule has 1 heterocycles. The molecule has 1 aromatic rings. The Morgan fingerprint density at radius 1 is 1.42 bits per heavy atom. The third-order valence-corrected chi connectivity index (χ3v) is 4.83. The average molecular weight is 378 g/mol. The molecule has 1 unspecified atom stereocenters. The molecule has 1 amide bonds. The summed E-state index contributed by atoms with van der Waals surface area (Å²) < 4.78 is 23.3. The molecule has 0 radical (unpaired) electrons. The number of halogens is 1. The maximum atomic E-state index is 12.2. The maximum Gasteiger partial charge on any atom is 0.271 e. The fraction of sp³-hybridized carbons (Fsp3) is 0.500. The van der Waals surface area contributed by atoms with Crippen molar-refractivity contribution in [1.82, 2.24) is 10.6 Å². The van der Waals surface area contributed by atoms with E-state index in [1.54, 1.807) is 0 Å². The molecule has 1 fully saturated rings. The van der Waals surface area contributed by atoms with Gasteiger partial charge in [0.1, 0.15) is 0 Å². The van der Waals surface area contributed by atoms with Gasteiger partial charge in [-0.2, -0.15) is 0 Å². The zero-order valence-electron chi connectivity index (χ0n) is 13.1. The fourth-order valence-electron chi connectivity index (χ4n) is 2.47. The average Bonchev–Trinajstić information content (AvgIpc) is 2.52. The third kappa shape index (κ3) is 5.43. The van der Waals surface area contributed by atoms with Gasteiger partial charge in [-0.1, -0.05) is 0 Å². The second-order valence-corrected chi connectivity index (χ2v) is 7.68. The lowest BCUT2D eigenvalue weighted by molar-refractivity contribution is -0.385. The second kappa shape index (κ2) is 8.41. The number of hydrogen-bond acceptors (Lipinski definition) is 6. The molecule has 10 heteroatoms. The van der Waals surface area contributed by atoms with Gasteiger partial charge in [0.2, 0.25) is 0 Å². The van der Waals surface area contributed by atoms with Crippen LogP contribution in [0.15, 0.2) is 23.1 Å². The molecule has 0 bridgehead atoms. The molecule has 0 aliphatic carbocycles. The number of sulfone groups is 1. The molecule has 1 aromatic carbocycles. The Bertz CT molecular complexity index is 717. The van der Waals surface area contributed by atoms with Gasteiger partial charge < -0.3 is 10.6 Å². The van der Waals surface area contributed by atoms with E-state index in [0.717, 1.165) is 50.4 Å². The largest absolute Gasteiger partial charge is 0.352 e. The first-order valence-corrected chi connectivity index (χ1v) is 9.15. The van der Waals surface area contributed by atoms with Crippen LogP contribution in [0.2, 0.25) is 0 Å². The number of piperidine rings is 1. The molecule has 2 rings (SSSR count). The second-order valence-electron chi connectivity index (χ2n) is 5.67. The van der Waals surface area contributed by atoms with Crippen molar-refractivity contribution < 1.29 is 18.1 Å². The van der Waals surface area contributed by atoms with Crippen LogP contribution in [0.5, 0.6) is 0 Å². The number of nitrogens with zero attached hydrogens (tertiary/aromatic N) is 1. The number of nitro benzene ring substituents is 1. The van der Waals surface area contributed by atoms with Crippen LogP contribution in [0, 0.1) is 16.0 Å². The van der Waals surface area contributed by atoms with Gasteiger partial charge in [0.15, 0.2) is 9.84 Å². The number of rotatable bonds is 5. The van der Waals surface area contributed by atoms with Crippen LogP contribution >= 0.6 is 12.4 Å². The van der Waals surface area contributed by atoms with Crippen LogP contribution in [-0.2, 0) is 9.84 Å². The van der Waals surface area contributed by atoms with Gasteiger partial charge in [-0.05, 0) is 37.9 Å². The Hall–Kier alpha value is -1.71. The first-order valence-electron chi connectivity index (χ1n) is 7.26. The number of nitrogens with one attached hydrogen (secondary N) is 2. The summed E-state index contributed by atoms with van der Waals surface area (Å²) in [5.74, 6) is -0.204. The molecule has 1 aliphatic heterocycles. The molecule has 134 valence electrons. The number of carbonyl (C=O) groups is 1. The van der Waals surface area contributed by atoms with E-state index in [4.69, 9.17) is 0 Å². The summed E-state index contributed by atoms with van der Waals surface area (Å²) in [6, 6.07) is 3.21. The molecule has 0 saturated carbocycles. The summed E-state index contributed by atoms with van der Waals surface area (Å²) in [5, 5.41) is 16.9. The predicted molar refractivity (Wildman–Crippen MR) is 91.4 cm³/mol. The highest BCUT2D eigenvalue weighted by Crippen LogP contribution is 2.21. The van der Waals surface area contributed by atoms with E-state index in [1.807, 2.05) is 0 Å². The Balaban J connectivity index is 0.00000288. The molecule has 1 aliphatic rings. The van der Waals surface area contributed by atoms with Crippen LogP contribution in [-0.4, -0.2) is 45.1 Å². The fourth-order valence-corrected chi connectivity index (χ4v) is 3.15.